The number of nitrogens with one attached hydrogen (secondary N) is 1. The molecule has 2 heterocycles. The Morgan fingerprint density at radius 3 is 3.06 bits per heavy atom. The molecule has 0 spiro atoms. The van der Waals surface area contributed by atoms with Gasteiger partial charge in [-0.1, -0.05) is 6.08 Å². The van der Waals surface area contributed by atoms with Crippen LogP contribution in [0.3, 0.4) is 0 Å². The highest BCUT2D eigenvalue weighted by molar-refractivity contribution is 6.17. The Hall–Kier alpha value is -1.61. The van der Waals surface area contributed by atoms with Crippen molar-refractivity contribution in [2.75, 3.05) is 5.88 Å². The van der Waals surface area contributed by atoms with E-state index in [0.717, 1.165) is 23.9 Å². The highest BCUT2D eigenvalue weighted by atomic mass is 35.5. The largest absolute Gasteiger partial charge is 0.306 e. The van der Waals surface area contributed by atoms with Gasteiger partial charge in [-0.25, -0.2) is 4.98 Å². The van der Waals surface area contributed by atoms with E-state index < -0.39 is 0 Å². The second kappa shape index (κ2) is 5.83. The molecule has 0 unspecified atom stereocenters. The van der Waals surface area contributed by atoms with Crippen molar-refractivity contribution in [3.63, 3.8) is 0 Å². The monoisotopic (exact) mass is 262 g/mol. The molecule has 18 heavy (non-hydrogen) atoms. The lowest BCUT2D eigenvalue weighted by molar-refractivity contribution is 0.969. The van der Waals surface area contributed by atoms with Crippen molar-refractivity contribution in [2.24, 2.45) is 0 Å². The number of unbranched alkanes of at least 4 members (excludes halogenated alkanes) is 1. The van der Waals surface area contributed by atoms with E-state index in [0.29, 0.717) is 17.1 Å². The fourth-order valence-corrected chi connectivity index (χ4v) is 1.85. The summed E-state index contributed by atoms with van der Waals surface area (Å²) in [7, 11) is 0. The molecular formula is C14H15ClN2O. The quantitative estimate of drug-likeness (QED) is 0.679. The molecule has 0 saturated carbocycles. The van der Waals surface area contributed by atoms with Crippen LogP contribution < -0.4 is 5.56 Å². The number of hydrogen-bond acceptors (Lipinski definition) is 2. The van der Waals surface area contributed by atoms with Crippen LogP contribution >= 0.6 is 11.6 Å². The molecular weight excluding hydrogens is 248 g/mol. The topological polar surface area (TPSA) is 45.8 Å². The first-order valence-electron chi connectivity index (χ1n) is 5.94. The van der Waals surface area contributed by atoms with Crippen LogP contribution in [-0.2, 0) is 0 Å². The Bertz CT molecular complexity index is 631. The lowest BCUT2D eigenvalue weighted by Crippen LogP contribution is -2.09. The summed E-state index contributed by atoms with van der Waals surface area (Å²) in [5, 5.41) is 0.949. The van der Waals surface area contributed by atoms with Gasteiger partial charge in [0, 0.05) is 16.8 Å². The van der Waals surface area contributed by atoms with E-state index in [9.17, 15) is 4.79 Å². The SMILES string of the molecule is Cc1cc2ccc(/C=C/CCCCl)nc2[nH]c1=O. The number of fused-ring (bicyclic) bond motifs is 1. The number of halogens is 1. The third kappa shape index (κ3) is 2.99. The third-order valence-corrected chi connectivity index (χ3v) is 2.97. The molecule has 2 aromatic heterocycles. The van der Waals surface area contributed by atoms with Crippen LogP contribution in [0, 0.1) is 6.92 Å². The van der Waals surface area contributed by atoms with Gasteiger partial charge in [-0.2, -0.15) is 0 Å². The van der Waals surface area contributed by atoms with Crippen molar-refractivity contribution in [3.8, 4) is 0 Å². The predicted octanol–water partition coefficient (Wildman–Crippen LogP) is 3.26. The number of allylic oxidation sites excluding steroid dienone is 1. The molecule has 0 atom stereocenters. The zero-order valence-corrected chi connectivity index (χ0v) is 11.0. The van der Waals surface area contributed by atoms with Gasteiger partial charge in [0.15, 0.2) is 0 Å². The van der Waals surface area contributed by atoms with Crippen molar-refractivity contribution in [2.45, 2.75) is 19.8 Å². The average Bonchev–Trinajstić information content (AvgIpc) is 2.36. The van der Waals surface area contributed by atoms with Gasteiger partial charge in [-0.3, -0.25) is 4.79 Å². The van der Waals surface area contributed by atoms with Gasteiger partial charge in [-0.05, 0) is 44.0 Å². The van der Waals surface area contributed by atoms with Gasteiger partial charge >= 0.3 is 0 Å². The lowest BCUT2D eigenvalue weighted by Gasteiger charge is -2.00. The molecule has 0 aliphatic carbocycles. The molecule has 0 radical (unpaired) electrons. The van der Waals surface area contributed by atoms with Gasteiger partial charge < -0.3 is 4.98 Å². The summed E-state index contributed by atoms with van der Waals surface area (Å²) in [4.78, 5) is 18.7. The molecule has 0 fully saturated rings. The molecule has 2 aromatic rings. The summed E-state index contributed by atoms with van der Waals surface area (Å²) < 4.78 is 0. The normalized spacial score (nSPS) is 11.4. The molecule has 0 aliphatic heterocycles. The van der Waals surface area contributed by atoms with Crippen LogP contribution in [-0.4, -0.2) is 15.8 Å². The van der Waals surface area contributed by atoms with E-state index in [1.54, 1.807) is 6.92 Å². The van der Waals surface area contributed by atoms with Crippen molar-refractivity contribution in [1.29, 1.82) is 0 Å². The number of nitrogens with zero attached hydrogens (tertiary/aromatic N) is 1. The summed E-state index contributed by atoms with van der Waals surface area (Å²) in [6.07, 6.45) is 5.89. The first kappa shape index (κ1) is 12.8. The number of hydrogen-bond donors (Lipinski definition) is 1. The van der Waals surface area contributed by atoms with E-state index in [-0.39, 0.29) is 5.56 Å². The van der Waals surface area contributed by atoms with Crippen molar-refractivity contribution < 1.29 is 0 Å². The van der Waals surface area contributed by atoms with Crippen LogP contribution in [0.2, 0.25) is 0 Å². The molecule has 0 bridgehead atoms. The molecule has 94 valence electrons. The van der Waals surface area contributed by atoms with Crippen molar-refractivity contribution in [1.82, 2.24) is 9.97 Å². The molecule has 0 aromatic carbocycles. The van der Waals surface area contributed by atoms with Crippen LogP contribution in [0.4, 0.5) is 0 Å². The fourth-order valence-electron chi connectivity index (χ4n) is 1.70. The van der Waals surface area contributed by atoms with E-state index in [2.05, 4.69) is 9.97 Å². The maximum Gasteiger partial charge on any atom is 0.252 e. The summed E-state index contributed by atoms with van der Waals surface area (Å²) >= 11 is 5.60. The molecule has 3 nitrogen and oxygen atoms in total. The van der Waals surface area contributed by atoms with E-state index in [4.69, 9.17) is 11.6 Å². The first-order valence-corrected chi connectivity index (χ1v) is 6.47. The molecule has 1 N–H and O–H groups in total. The van der Waals surface area contributed by atoms with Gasteiger partial charge in [0.1, 0.15) is 5.65 Å². The molecule has 0 aliphatic rings. The molecule has 0 amide bonds. The Kier molecular flexibility index (Phi) is 4.15. The number of pyridine rings is 2. The Labute approximate surface area is 111 Å². The van der Waals surface area contributed by atoms with Gasteiger partial charge in [0.05, 0.1) is 5.69 Å². The second-order valence-electron chi connectivity index (χ2n) is 4.19. The highest BCUT2D eigenvalue weighted by Crippen LogP contribution is 2.11. The number of aromatic nitrogens is 2. The number of alkyl halides is 1. The summed E-state index contributed by atoms with van der Waals surface area (Å²) in [5.41, 5.74) is 2.09. The van der Waals surface area contributed by atoms with Crippen LogP contribution in [0.1, 0.15) is 24.1 Å². The smallest absolute Gasteiger partial charge is 0.252 e. The average molecular weight is 263 g/mol. The predicted molar refractivity (Wildman–Crippen MR) is 76.1 cm³/mol. The third-order valence-electron chi connectivity index (χ3n) is 2.70. The Morgan fingerprint density at radius 2 is 2.28 bits per heavy atom. The maximum atomic E-state index is 11.5. The number of aryl methyl sites for hydroxylation is 1. The Morgan fingerprint density at radius 1 is 1.44 bits per heavy atom. The number of aromatic amines is 1. The standard InChI is InChI=1S/C14H15ClN2O/c1-10-9-11-6-7-12(5-3-2-4-8-15)16-13(11)17-14(10)18/h3,5-7,9H,2,4,8H2,1H3,(H,16,17,18)/b5-3+. The second-order valence-corrected chi connectivity index (χ2v) is 4.57. The van der Waals surface area contributed by atoms with E-state index in [1.807, 2.05) is 30.4 Å². The van der Waals surface area contributed by atoms with Crippen LogP contribution in [0.25, 0.3) is 17.1 Å². The van der Waals surface area contributed by atoms with E-state index in [1.165, 1.54) is 0 Å². The number of H-pyrrole nitrogens is 1. The minimum atomic E-state index is -0.0849. The molecule has 0 saturated heterocycles. The Balaban J connectivity index is 2.30. The van der Waals surface area contributed by atoms with Gasteiger partial charge in [0.2, 0.25) is 0 Å². The molecule has 2 rings (SSSR count). The van der Waals surface area contributed by atoms with Crippen molar-refractivity contribution in [3.05, 3.63) is 45.9 Å². The summed E-state index contributed by atoms with van der Waals surface area (Å²) in [5.74, 6) is 0.669. The summed E-state index contributed by atoms with van der Waals surface area (Å²) in [6, 6.07) is 5.76. The zero-order chi connectivity index (χ0) is 13.0. The minimum Gasteiger partial charge on any atom is -0.306 e. The summed E-state index contributed by atoms with van der Waals surface area (Å²) in [6.45, 7) is 1.79. The first-order chi connectivity index (χ1) is 8.70. The van der Waals surface area contributed by atoms with Crippen molar-refractivity contribution >= 4 is 28.7 Å². The minimum absolute atomic E-state index is 0.0849. The zero-order valence-electron chi connectivity index (χ0n) is 10.2. The van der Waals surface area contributed by atoms with Gasteiger partial charge in [-0.15, -0.1) is 11.6 Å². The molecule has 4 heteroatoms. The van der Waals surface area contributed by atoms with Gasteiger partial charge in [0.25, 0.3) is 5.56 Å². The van der Waals surface area contributed by atoms with Crippen LogP contribution in [0.5, 0.6) is 0 Å². The lowest BCUT2D eigenvalue weighted by atomic mass is 10.2. The fraction of sp³-hybridized carbons (Fsp3) is 0.286. The number of rotatable bonds is 4. The highest BCUT2D eigenvalue weighted by Gasteiger charge is 2.00. The van der Waals surface area contributed by atoms with E-state index >= 15 is 0 Å². The van der Waals surface area contributed by atoms with Crippen LogP contribution in [0.15, 0.2) is 29.1 Å². The maximum absolute atomic E-state index is 11.5.